The molecule has 0 bridgehead atoms. The van der Waals surface area contributed by atoms with Crippen molar-refractivity contribution in [3.63, 3.8) is 0 Å². The highest BCUT2D eigenvalue weighted by Gasteiger charge is 2.33. The third-order valence-corrected chi connectivity index (χ3v) is 4.81. The normalized spacial score (nSPS) is 21.0. The Kier molecular flexibility index (Phi) is 3.75. The Labute approximate surface area is 142 Å². The number of aromatic nitrogens is 2. The fourth-order valence-electron chi connectivity index (χ4n) is 3.28. The number of halogens is 1. The number of hydrogen-bond donors (Lipinski definition) is 1. The molecule has 5 heteroatoms. The van der Waals surface area contributed by atoms with Gasteiger partial charge >= 0.3 is 0 Å². The van der Waals surface area contributed by atoms with E-state index in [9.17, 15) is 5.11 Å². The van der Waals surface area contributed by atoms with Crippen molar-refractivity contribution in [2.75, 3.05) is 11.4 Å². The van der Waals surface area contributed by atoms with Crippen LogP contribution in [0.5, 0.6) is 0 Å². The standard InChI is InChI=1S/C18H16BrN3O/c19-13-6-7-15-16(8-13)20-11-21-18(15)22-10-14(23)9-17(22)12-4-2-1-3-5-12/h1-8,11,14,17,23H,9-10H2. The van der Waals surface area contributed by atoms with Gasteiger partial charge in [0.2, 0.25) is 0 Å². The number of aliphatic hydroxyl groups is 1. The predicted octanol–water partition coefficient (Wildman–Crippen LogP) is 3.70. The van der Waals surface area contributed by atoms with E-state index in [0.29, 0.717) is 13.0 Å². The Morgan fingerprint density at radius 2 is 1.91 bits per heavy atom. The van der Waals surface area contributed by atoms with Gasteiger partial charge in [0.05, 0.1) is 17.7 Å². The van der Waals surface area contributed by atoms with E-state index >= 15 is 0 Å². The molecular weight excluding hydrogens is 354 g/mol. The zero-order valence-corrected chi connectivity index (χ0v) is 14.0. The van der Waals surface area contributed by atoms with Gasteiger partial charge in [-0.05, 0) is 30.2 Å². The lowest BCUT2D eigenvalue weighted by molar-refractivity contribution is 0.194. The number of nitrogens with zero attached hydrogens (tertiary/aromatic N) is 3. The van der Waals surface area contributed by atoms with E-state index in [2.05, 4.69) is 42.9 Å². The van der Waals surface area contributed by atoms with E-state index in [0.717, 1.165) is 21.2 Å². The van der Waals surface area contributed by atoms with E-state index in [4.69, 9.17) is 0 Å². The van der Waals surface area contributed by atoms with Crippen molar-refractivity contribution in [2.24, 2.45) is 0 Å². The van der Waals surface area contributed by atoms with E-state index < -0.39 is 0 Å². The highest BCUT2D eigenvalue weighted by molar-refractivity contribution is 9.10. The summed E-state index contributed by atoms with van der Waals surface area (Å²) in [6.07, 6.45) is 1.96. The lowest BCUT2D eigenvalue weighted by Gasteiger charge is -2.26. The Morgan fingerprint density at radius 3 is 2.74 bits per heavy atom. The molecule has 0 aliphatic carbocycles. The molecule has 4 rings (SSSR count). The van der Waals surface area contributed by atoms with Gasteiger partial charge in [-0.3, -0.25) is 0 Å². The highest BCUT2D eigenvalue weighted by atomic mass is 79.9. The molecule has 2 heterocycles. The minimum Gasteiger partial charge on any atom is -0.391 e. The lowest BCUT2D eigenvalue weighted by atomic mass is 10.0. The molecule has 1 saturated heterocycles. The van der Waals surface area contributed by atoms with Crippen LogP contribution in [0.4, 0.5) is 5.82 Å². The SMILES string of the molecule is OC1CC(c2ccccc2)N(c2ncnc3cc(Br)ccc23)C1. The number of rotatable bonds is 2. The van der Waals surface area contributed by atoms with Crippen LogP contribution in [-0.2, 0) is 0 Å². The summed E-state index contributed by atoms with van der Waals surface area (Å²) in [4.78, 5) is 11.1. The number of hydrogen-bond acceptors (Lipinski definition) is 4. The van der Waals surface area contributed by atoms with Gasteiger partial charge in [0.15, 0.2) is 0 Å². The van der Waals surface area contributed by atoms with Crippen LogP contribution in [0.25, 0.3) is 10.9 Å². The molecule has 3 aromatic rings. The molecule has 23 heavy (non-hydrogen) atoms. The van der Waals surface area contributed by atoms with Crippen molar-refractivity contribution in [3.8, 4) is 0 Å². The first-order valence-corrected chi connectivity index (χ1v) is 8.41. The summed E-state index contributed by atoms with van der Waals surface area (Å²) in [6, 6.07) is 16.4. The molecule has 2 atom stereocenters. The van der Waals surface area contributed by atoms with Crippen LogP contribution in [-0.4, -0.2) is 27.7 Å². The van der Waals surface area contributed by atoms with Crippen LogP contribution in [0.1, 0.15) is 18.0 Å². The second-order valence-corrected chi connectivity index (χ2v) is 6.74. The average molecular weight is 370 g/mol. The van der Waals surface area contributed by atoms with Gasteiger partial charge in [-0.25, -0.2) is 9.97 Å². The summed E-state index contributed by atoms with van der Waals surface area (Å²) < 4.78 is 0.996. The summed E-state index contributed by atoms with van der Waals surface area (Å²) >= 11 is 3.48. The fourth-order valence-corrected chi connectivity index (χ4v) is 3.63. The van der Waals surface area contributed by atoms with Crippen LogP contribution in [0, 0.1) is 0 Å². The van der Waals surface area contributed by atoms with Gasteiger partial charge in [-0.1, -0.05) is 46.3 Å². The molecule has 1 aliphatic heterocycles. The highest BCUT2D eigenvalue weighted by Crippen LogP contribution is 2.38. The van der Waals surface area contributed by atoms with Gasteiger partial charge in [-0.15, -0.1) is 0 Å². The third kappa shape index (κ3) is 2.71. The average Bonchev–Trinajstić information content (AvgIpc) is 2.96. The molecule has 1 N–H and O–H groups in total. The van der Waals surface area contributed by atoms with Crippen molar-refractivity contribution in [1.82, 2.24) is 9.97 Å². The van der Waals surface area contributed by atoms with Crippen molar-refractivity contribution in [2.45, 2.75) is 18.6 Å². The quantitative estimate of drug-likeness (QED) is 0.747. The second-order valence-electron chi connectivity index (χ2n) is 5.83. The monoisotopic (exact) mass is 369 g/mol. The number of fused-ring (bicyclic) bond motifs is 1. The lowest BCUT2D eigenvalue weighted by Crippen LogP contribution is -2.25. The first-order chi connectivity index (χ1) is 11.2. The minimum absolute atomic E-state index is 0.132. The molecule has 0 amide bonds. The molecule has 0 spiro atoms. The van der Waals surface area contributed by atoms with Gasteiger partial charge in [0.25, 0.3) is 0 Å². The van der Waals surface area contributed by atoms with Gasteiger partial charge in [-0.2, -0.15) is 0 Å². The van der Waals surface area contributed by atoms with E-state index in [1.54, 1.807) is 6.33 Å². The van der Waals surface area contributed by atoms with Crippen molar-refractivity contribution in [1.29, 1.82) is 0 Å². The molecule has 1 fully saturated rings. The Hall–Kier alpha value is -1.98. The predicted molar refractivity (Wildman–Crippen MR) is 94.4 cm³/mol. The Balaban J connectivity index is 1.82. The van der Waals surface area contributed by atoms with Crippen molar-refractivity contribution >= 4 is 32.7 Å². The molecule has 0 saturated carbocycles. The number of β-amino-alcohol motifs (C(OH)–C–C–N with tert-alkyl or cyclic N) is 1. The Bertz CT molecular complexity index is 840. The molecule has 2 unspecified atom stereocenters. The van der Waals surface area contributed by atoms with Gasteiger partial charge in [0, 0.05) is 16.4 Å². The van der Waals surface area contributed by atoms with Gasteiger partial charge < -0.3 is 10.0 Å². The number of benzene rings is 2. The van der Waals surface area contributed by atoms with Crippen LogP contribution >= 0.6 is 15.9 Å². The summed E-state index contributed by atoms with van der Waals surface area (Å²) in [5.41, 5.74) is 2.10. The summed E-state index contributed by atoms with van der Waals surface area (Å²) in [6.45, 7) is 0.585. The zero-order chi connectivity index (χ0) is 15.8. The largest absolute Gasteiger partial charge is 0.391 e. The topological polar surface area (TPSA) is 49.2 Å². The molecule has 2 aromatic carbocycles. The van der Waals surface area contributed by atoms with Crippen LogP contribution in [0.3, 0.4) is 0 Å². The maximum Gasteiger partial charge on any atom is 0.140 e. The zero-order valence-electron chi connectivity index (χ0n) is 12.4. The summed E-state index contributed by atoms with van der Waals surface area (Å²) in [5, 5.41) is 11.2. The molecule has 1 aliphatic rings. The third-order valence-electron chi connectivity index (χ3n) is 4.31. The van der Waals surface area contributed by atoms with Gasteiger partial charge in [0.1, 0.15) is 12.1 Å². The van der Waals surface area contributed by atoms with Crippen LogP contribution < -0.4 is 4.90 Å². The minimum atomic E-state index is -0.347. The van der Waals surface area contributed by atoms with Crippen LogP contribution in [0.2, 0.25) is 0 Å². The molecule has 0 radical (unpaired) electrons. The van der Waals surface area contributed by atoms with E-state index in [1.807, 2.05) is 36.4 Å². The smallest absolute Gasteiger partial charge is 0.140 e. The Morgan fingerprint density at radius 1 is 1.09 bits per heavy atom. The maximum atomic E-state index is 10.2. The molecule has 116 valence electrons. The molecular formula is C18H16BrN3O. The first-order valence-electron chi connectivity index (χ1n) is 7.62. The maximum absolute atomic E-state index is 10.2. The number of anilines is 1. The molecule has 1 aromatic heterocycles. The summed E-state index contributed by atoms with van der Waals surface area (Å²) in [5.74, 6) is 0.882. The first kappa shape index (κ1) is 14.6. The fraction of sp³-hybridized carbons (Fsp3) is 0.222. The van der Waals surface area contributed by atoms with E-state index in [-0.39, 0.29) is 12.1 Å². The van der Waals surface area contributed by atoms with Crippen molar-refractivity contribution in [3.05, 3.63) is 64.9 Å². The summed E-state index contributed by atoms with van der Waals surface area (Å²) in [7, 11) is 0. The number of aliphatic hydroxyl groups excluding tert-OH is 1. The van der Waals surface area contributed by atoms with Crippen molar-refractivity contribution < 1.29 is 5.11 Å². The van der Waals surface area contributed by atoms with E-state index in [1.165, 1.54) is 5.56 Å². The second kappa shape index (κ2) is 5.91. The molecule has 4 nitrogen and oxygen atoms in total. The van der Waals surface area contributed by atoms with Crippen LogP contribution in [0.15, 0.2) is 59.3 Å².